The van der Waals surface area contributed by atoms with Crippen molar-refractivity contribution in [2.45, 2.75) is 18.4 Å². The summed E-state index contributed by atoms with van der Waals surface area (Å²) in [7, 11) is 0. The van der Waals surface area contributed by atoms with Crippen molar-refractivity contribution in [3.63, 3.8) is 0 Å². The van der Waals surface area contributed by atoms with Crippen molar-refractivity contribution in [1.29, 1.82) is 0 Å². The Morgan fingerprint density at radius 3 is 2.79 bits per heavy atom. The molecule has 3 aliphatic rings. The quantitative estimate of drug-likeness (QED) is 0.850. The second-order valence-electron chi connectivity index (χ2n) is 7.64. The van der Waals surface area contributed by atoms with Crippen LogP contribution in [0.25, 0.3) is 0 Å². The third kappa shape index (κ3) is 2.61. The first kappa shape index (κ1) is 17.3. The van der Waals surface area contributed by atoms with Gasteiger partial charge in [0.15, 0.2) is 11.5 Å². The molecular formula is C21H22N2O5. The summed E-state index contributed by atoms with van der Waals surface area (Å²) in [5.74, 6) is 1.12. The van der Waals surface area contributed by atoms with Crippen molar-refractivity contribution in [1.82, 2.24) is 9.47 Å². The highest BCUT2D eigenvalue weighted by Gasteiger charge is 2.42. The van der Waals surface area contributed by atoms with Crippen LogP contribution in [0.3, 0.4) is 0 Å². The molecule has 1 amide bonds. The van der Waals surface area contributed by atoms with E-state index in [1.807, 2.05) is 11.0 Å². The van der Waals surface area contributed by atoms with Gasteiger partial charge >= 0.3 is 0 Å². The number of hydrogen-bond acceptors (Lipinski definition) is 5. The van der Waals surface area contributed by atoms with Gasteiger partial charge in [-0.1, -0.05) is 12.1 Å². The zero-order valence-corrected chi connectivity index (χ0v) is 15.4. The number of aliphatic hydroxyl groups excluding tert-OH is 1. The van der Waals surface area contributed by atoms with Crippen molar-refractivity contribution >= 4 is 5.91 Å². The van der Waals surface area contributed by atoms with Gasteiger partial charge in [-0.15, -0.1) is 0 Å². The van der Waals surface area contributed by atoms with Crippen molar-refractivity contribution in [2.24, 2.45) is 5.92 Å². The Balaban J connectivity index is 1.50. The number of ether oxygens (including phenoxy) is 2. The van der Waals surface area contributed by atoms with Gasteiger partial charge in [0.25, 0.3) is 11.5 Å². The van der Waals surface area contributed by atoms with Crippen LogP contribution in [0.1, 0.15) is 34.4 Å². The fraction of sp³-hybridized carbons (Fsp3) is 0.429. The topological polar surface area (TPSA) is 81.0 Å². The van der Waals surface area contributed by atoms with E-state index in [1.165, 1.54) is 6.07 Å². The molecule has 0 unspecified atom stereocenters. The van der Waals surface area contributed by atoms with Gasteiger partial charge in [-0.05, 0) is 24.6 Å². The number of likely N-dealkylation sites (tertiary alicyclic amines) is 1. The van der Waals surface area contributed by atoms with Crippen LogP contribution in [0.15, 0.2) is 41.2 Å². The number of aliphatic hydroxyl groups is 1. The molecule has 0 aliphatic carbocycles. The number of fused-ring (bicyclic) bond motifs is 5. The van der Waals surface area contributed by atoms with Gasteiger partial charge in [0.05, 0.1) is 18.2 Å². The maximum absolute atomic E-state index is 13.3. The summed E-state index contributed by atoms with van der Waals surface area (Å²) in [5, 5.41) is 9.97. The van der Waals surface area contributed by atoms with Crippen LogP contribution in [0.4, 0.5) is 0 Å². The molecule has 1 N–H and O–H groups in total. The molecule has 3 aliphatic heterocycles. The van der Waals surface area contributed by atoms with E-state index in [2.05, 4.69) is 0 Å². The second-order valence-corrected chi connectivity index (χ2v) is 7.64. The minimum Gasteiger partial charge on any atom is -0.486 e. The number of piperidine rings is 1. The Labute approximate surface area is 162 Å². The van der Waals surface area contributed by atoms with E-state index in [0.29, 0.717) is 43.4 Å². The van der Waals surface area contributed by atoms with Crippen LogP contribution in [0.5, 0.6) is 11.5 Å². The Morgan fingerprint density at radius 2 is 1.93 bits per heavy atom. The maximum atomic E-state index is 13.3. The number of aromatic nitrogens is 1. The summed E-state index contributed by atoms with van der Waals surface area (Å²) < 4.78 is 13.0. The minimum atomic E-state index is -0.306. The Bertz CT molecular complexity index is 985. The van der Waals surface area contributed by atoms with E-state index in [9.17, 15) is 14.7 Å². The zero-order valence-electron chi connectivity index (χ0n) is 15.4. The molecule has 7 nitrogen and oxygen atoms in total. The van der Waals surface area contributed by atoms with E-state index in [1.54, 1.807) is 28.8 Å². The molecule has 28 heavy (non-hydrogen) atoms. The molecule has 2 bridgehead atoms. The Kier molecular flexibility index (Phi) is 4.12. The van der Waals surface area contributed by atoms with E-state index in [-0.39, 0.29) is 36.0 Å². The summed E-state index contributed by atoms with van der Waals surface area (Å²) in [4.78, 5) is 27.6. The summed E-state index contributed by atoms with van der Waals surface area (Å²) in [6, 6.07) is 10.3. The molecule has 1 saturated heterocycles. The first-order valence-corrected chi connectivity index (χ1v) is 9.67. The average molecular weight is 382 g/mol. The van der Waals surface area contributed by atoms with Gasteiger partial charge in [-0.3, -0.25) is 9.59 Å². The van der Waals surface area contributed by atoms with Gasteiger partial charge < -0.3 is 24.0 Å². The third-order valence-electron chi connectivity index (χ3n) is 6.07. The third-order valence-corrected chi connectivity index (χ3v) is 6.07. The number of pyridine rings is 1. The predicted octanol–water partition coefficient (Wildman–Crippen LogP) is 1.41. The van der Waals surface area contributed by atoms with E-state index < -0.39 is 0 Å². The summed E-state index contributed by atoms with van der Waals surface area (Å²) >= 11 is 0. The van der Waals surface area contributed by atoms with Crippen LogP contribution < -0.4 is 15.0 Å². The molecule has 4 heterocycles. The lowest BCUT2D eigenvalue weighted by atomic mass is 9.78. The molecule has 1 aromatic heterocycles. The average Bonchev–Trinajstić information content (AvgIpc) is 2.73. The molecule has 5 rings (SSSR count). The van der Waals surface area contributed by atoms with Crippen LogP contribution in [-0.2, 0) is 0 Å². The first-order chi connectivity index (χ1) is 13.7. The van der Waals surface area contributed by atoms with Crippen molar-refractivity contribution in [3.8, 4) is 11.5 Å². The van der Waals surface area contributed by atoms with Crippen LogP contribution in [0, 0.1) is 5.92 Å². The standard InChI is InChI=1S/C21H22N2O5/c24-12-17-14-9-13(16-4-2-6-19(25)23(16)17)10-22(11-14)21(26)15-3-1-5-18-20(15)28-8-7-27-18/h1-6,13-14,17,24H,7-12H2/t13-,14+,17+/m1/s1. The van der Waals surface area contributed by atoms with E-state index >= 15 is 0 Å². The fourth-order valence-corrected chi connectivity index (χ4v) is 4.86. The van der Waals surface area contributed by atoms with E-state index in [0.717, 1.165) is 12.1 Å². The molecule has 0 saturated carbocycles. The second kappa shape index (κ2) is 6.67. The van der Waals surface area contributed by atoms with Crippen molar-refractivity contribution in [2.75, 3.05) is 32.9 Å². The number of para-hydroxylation sites is 1. The van der Waals surface area contributed by atoms with Gasteiger partial charge in [0, 0.05) is 36.7 Å². The highest BCUT2D eigenvalue weighted by molar-refractivity contribution is 5.98. The lowest BCUT2D eigenvalue weighted by Crippen LogP contribution is -2.51. The van der Waals surface area contributed by atoms with Gasteiger partial charge in [-0.2, -0.15) is 0 Å². The normalized spacial score (nSPS) is 25.2. The fourth-order valence-electron chi connectivity index (χ4n) is 4.86. The number of amides is 1. The van der Waals surface area contributed by atoms with Crippen LogP contribution >= 0.6 is 0 Å². The number of carbonyl (C=O) groups excluding carboxylic acids is 1. The van der Waals surface area contributed by atoms with Gasteiger partial charge in [0.1, 0.15) is 13.2 Å². The molecule has 7 heteroatoms. The number of hydrogen-bond donors (Lipinski definition) is 1. The molecular weight excluding hydrogens is 360 g/mol. The molecule has 2 aromatic rings. The van der Waals surface area contributed by atoms with Crippen molar-refractivity contribution < 1.29 is 19.4 Å². The first-order valence-electron chi connectivity index (χ1n) is 9.67. The molecule has 1 aromatic carbocycles. The van der Waals surface area contributed by atoms with Crippen molar-refractivity contribution in [3.05, 3.63) is 58.0 Å². The number of benzene rings is 1. The van der Waals surface area contributed by atoms with Crippen LogP contribution in [0.2, 0.25) is 0 Å². The Morgan fingerprint density at radius 1 is 1.11 bits per heavy atom. The Hall–Kier alpha value is -2.80. The maximum Gasteiger partial charge on any atom is 0.257 e. The number of nitrogens with zero attached hydrogens (tertiary/aromatic N) is 2. The summed E-state index contributed by atoms with van der Waals surface area (Å²) in [6.45, 7) is 1.83. The molecule has 0 spiro atoms. The molecule has 3 atom stereocenters. The van der Waals surface area contributed by atoms with Crippen LogP contribution in [-0.4, -0.2) is 53.4 Å². The SMILES string of the molecule is O=C(c1cccc2c1OCCO2)N1C[C@H]2C[C@@H](C1)[C@H](CO)n1c2cccc1=O. The lowest BCUT2D eigenvalue weighted by molar-refractivity contribution is 0.0431. The lowest BCUT2D eigenvalue weighted by Gasteiger charge is -2.46. The number of carbonyl (C=O) groups is 1. The minimum absolute atomic E-state index is 0.0389. The highest BCUT2D eigenvalue weighted by Crippen LogP contribution is 2.42. The van der Waals surface area contributed by atoms with Gasteiger partial charge in [-0.25, -0.2) is 0 Å². The molecule has 1 fully saturated rings. The zero-order chi connectivity index (χ0) is 19.3. The highest BCUT2D eigenvalue weighted by atomic mass is 16.6. The summed E-state index contributed by atoms with van der Waals surface area (Å²) in [6.07, 6.45) is 0.866. The smallest absolute Gasteiger partial charge is 0.257 e. The van der Waals surface area contributed by atoms with E-state index in [4.69, 9.17) is 9.47 Å². The monoisotopic (exact) mass is 382 g/mol. The molecule has 146 valence electrons. The van der Waals surface area contributed by atoms with Gasteiger partial charge in [0.2, 0.25) is 0 Å². The predicted molar refractivity (Wildman–Crippen MR) is 101 cm³/mol. The molecule has 0 radical (unpaired) electrons. The largest absolute Gasteiger partial charge is 0.486 e. The summed E-state index contributed by atoms with van der Waals surface area (Å²) in [5.41, 5.74) is 1.31. The number of rotatable bonds is 2.